The predicted molar refractivity (Wildman–Crippen MR) is 56.7 cm³/mol. The standard InChI is InChI=1S/C11H6F2N2O3/c12-6-1-3-9(7(13)5-6)15-10(16)4-2-8(14-15)11(17)18/h1-5H,(H,17,18). The maximum atomic E-state index is 13.5. The Morgan fingerprint density at radius 1 is 1.22 bits per heavy atom. The Hall–Kier alpha value is -2.57. The van der Waals surface area contributed by atoms with Crippen LogP contribution in [0.1, 0.15) is 10.5 Å². The van der Waals surface area contributed by atoms with Crippen LogP contribution in [0.15, 0.2) is 35.1 Å². The second-order valence-corrected chi connectivity index (χ2v) is 3.37. The fourth-order valence-corrected chi connectivity index (χ4v) is 1.35. The molecule has 0 aliphatic heterocycles. The lowest BCUT2D eigenvalue weighted by Crippen LogP contribution is -2.23. The fourth-order valence-electron chi connectivity index (χ4n) is 1.35. The SMILES string of the molecule is O=C(O)c1ccc(=O)n(-c2ccc(F)cc2F)n1. The molecule has 0 radical (unpaired) electrons. The summed E-state index contributed by atoms with van der Waals surface area (Å²) in [6.07, 6.45) is 0. The highest BCUT2D eigenvalue weighted by atomic mass is 19.1. The Morgan fingerprint density at radius 3 is 2.56 bits per heavy atom. The van der Waals surface area contributed by atoms with Crippen LogP contribution in [0.3, 0.4) is 0 Å². The predicted octanol–water partition coefficient (Wildman–Crippen LogP) is 1.21. The van der Waals surface area contributed by atoms with Gasteiger partial charge in [0.25, 0.3) is 5.56 Å². The lowest BCUT2D eigenvalue weighted by atomic mass is 10.3. The summed E-state index contributed by atoms with van der Waals surface area (Å²) in [6, 6.07) is 4.48. The molecule has 1 heterocycles. The summed E-state index contributed by atoms with van der Waals surface area (Å²) in [7, 11) is 0. The minimum atomic E-state index is -1.36. The third-order valence-electron chi connectivity index (χ3n) is 2.16. The van der Waals surface area contributed by atoms with E-state index in [9.17, 15) is 18.4 Å². The molecular weight excluding hydrogens is 246 g/mol. The molecule has 1 N–H and O–H groups in total. The van der Waals surface area contributed by atoms with Crippen molar-refractivity contribution in [1.82, 2.24) is 9.78 Å². The van der Waals surface area contributed by atoms with Crippen LogP contribution < -0.4 is 5.56 Å². The van der Waals surface area contributed by atoms with Gasteiger partial charge in [0, 0.05) is 12.1 Å². The van der Waals surface area contributed by atoms with E-state index in [-0.39, 0.29) is 5.69 Å². The van der Waals surface area contributed by atoms with Crippen molar-refractivity contribution in [3.8, 4) is 5.69 Å². The number of halogens is 2. The molecule has 0 saturated carbocycles. The molecule has 5 nitrogen and oxygen atoms in total. The fraction of sp³-hybridized carbons (Fsp3) is 0. The number of rotatable bonds is 2. The number of nitrogens with zero attached hydrogens (tertiary/aromatic N) is 2. The molecular formula is C11H6F2N2O3. The summed E-state index contributed by atoms with van der Waals surface area (Å²) in [6.45, 7) is 0. The zero-order valence-electron chi connectivity index (χ0n) is 8.80. The Bertz CT molecular complexity index is 682. The van der Waals surface area contributed by atoms with Crippen molar-refractivity contribution in [3.63, 3.8) is 0 Å². The van der Waals surface area contributed by atoms with Crippen LogP contribution in [0.5, 0.6) is 0 Å². The molecule has 0 aliphatic carbocycles. The molecule has 92 valence electrons. The highest BCUT2D eigenvalue weighted by Crippen LogP contribution is 2.12. The van der Waals surface area contributed by atoms with E-state index < -0.39 is 28.9 Å². The van der Waals surface area contributed by atoms with E-state index in [0.717, 1.165) is 24.3 Å². The minimum absolute atomic E-state index is 0.315. The number of carboxylic acids is 1. The van der Waals surface area contributed by atoms with Gasteiger partial charge in [0.05, 0.1) is 0 Å². The Kier molecular flexibility index (Phi) is 2.88. The van der Waals surface area contributed by atoms with Gasteiger partial charge >= 0.3 is 5.97 Å². The molecule has 0 unspecified atom stereocenters. The summed E-state index contributed by atoms with van der Waals surface area (Å²) < 4.78 is 26.8. The van der Waals surface area contributed by atoms with Crippen molar-refractivity contribution >= 4 is 5.97 Å². The molecule has 0 amide bonds. The lowest BCUT2D eigenvalue weighted by Gasteiger charge is -2.06. The first-order chi connectivity index (χ1) is 8.49. The average molecular weight is 252 g/mol. The van der Waals surface area contributed by atoms with E-state index in [1.807, 2.05) is 0 Å². The number of hydrogen-bond acceptors (Lipinski definition) is 3. The summed E-state index contributed by atoms with van der Waals surface area (Å²) in [5.74, 6) is -3.17. The van der Waals surface area contributed by atoms with Crippen LogP contribution in [0.25, 0.3) is 5.69 Å². The average Bonchev–Trinajstić information content (AvgIpc) is 2.30. The first-order valence-electron chi connectivity index (χ1n) is 4.78. The molecule has 0 spiro atoms. The van der Waals surface area contributed by atoms with Crippen LogP contribution in [-0.4, -0.2) is 20.9 Å². The number of hydrogen-bond donors (Lipinski definition) is 1. The highest BCUT2D eigenvalue weighted by Gasteiger charge is 2.12. The second-order valence-electron chi connectivity index (χ2n) is 3.37. The third kappa shape index (κ3) is 2.10. The third-order valence-corrected chi connectivity index (χ3v) is 2.16. The first-order valence-corrected chi connectivity index (χ1v) is 4.78. The van der Waals surface area contributed by atoms with E-state index in [1.54, 1.807) is 0 Å². The molecule has 0 aliphatic rings. The van der Waals surface area contributed by atoms with Crippen LogP contribution in [0.2, 0.25) is 0 Å². The molecule has 2 rings (SSSR count). The molecule has 18 heavy (non-hydrogen) atoms. The van der Waals surface area contributed by atoms with Gasteiger partial charge in [-0.15, -0.1) is 0 Å². The number of benzene rings is 1. The highest BCUT2D eigenvalue weighted by molar-refractivity contribution is 5.84. The Labute approximate surface area is 98.9 Å². The van der Waals surface area contributed by atoms with Crippen LogP contribution in [-0.2, 0) is 0 Å². The van der Waals surface area contributed by atoms with Gasteiger partial charge in [-0.05, 0) is 18.2 Å². The van der Waals surface area contributed by atoms with Crippen molar-refractivity contribution < 1.29 is 18.7 Å². The number of carboxylic acid groups (broad SMARTS) is 1. The normalized spacial score (nSPS) is 10.3. The van der Waals surface area contributed by atoms with E-state index in [1.165, 1.54) is 0 Å². The van der Waals surface area contributed by atoms with Gasteiger partial charge in [0.15, 0.2) is 11.5 Å². The zero-order chi connectivity index (χ0) is 13.3. The molecule has 0 atom stereocenters. The van der Waals surface area contributed by atoms with Crippen LogP contribution in [0, 0.1) is 11.6 Å². The van der Waals surface area contributed by atoms with Crippen molar-refractivity contribution in [2.45, 2.75) is 0 Å². The number of carbonyl (C=O) groups is 1. The van der Waals surface area contributed by atoms with Gasteiger partial charge in [-0.1, -0.05) is 0 Å². The number of aromatic nitrogens is 2. The van der Waals surface area contributed by atoms with E-state index >= 15 is 0 Å². The summed E-state index contributed by atoms with van der Waals surface area (Å²) >= 11 is 0. The molecule has 0 fully saturated rings. The topological polar surface area (TPSA) is 72.2 Å². The Balaban J connectivity index is 2.66. The monoisotopic (exact) mass is 252 g/mol. The quantitative estimate of drug-likeness (QED) is 0.871. The van der Waals surface area contributed by atoms with E-state index in [2.05, 4.69) is 5.10 Å². The van der Waals surface area contributed by atoms with Crippen molar-refractivity contribution in [2.24, 2.45) is 0 Å². The molecule has 1 aromatic carbocycles. The largest absolute Gasteiger partial charge is 0.476 e. The Morgan fingerprint density at radius 2 is 1.94 bits per heavy atom. The maximum Gasteiger partial charge on any atom is 0.356 e. The second kappa shape index (κ2) is 4.36. The lowest BCUT2D eigenvalue weighted by molar-refractivity contribution is 0.0688. The molecule has 7 heteroatoms. The number of aromatic carboxylic acids is 1. The molecule has 1 aromatic heterocycles. The van der Waals surface area contributed by atoms with Gasteiger partial charge in [0.1, 0.15) is 11.5 Å². The summed E-state index contributed by atoms with van der Waals surface area (Å²) in [4.78, 5) is 22.2. The van der Waals surface area contributed by atoms with Crippen molar-refractivity contribution in [2.75, 3.05) is 0 Å². The van der Waals surface area contributed by atoms with Crippen molar-refractivity contribution in [3.05, 3.63) is 58.0 Å². The summed E-state index contributed by atoms with van der Waals surface area (Å²) in [5.41, 5.74) is -1.45. The van der Waals surface area contributed by atoms with Gasteiger partial charge < -0.3 is 5.11 Å². The van der Waals surface area contributed by atoms with Crippen LogP contribution in [0.4, 0.5) is 8.78 Å². The van der Waals surface area contributed by atoms with Gasteiger partial charge in [-0.25, -0.2) is 13.6 Å². The van der Waals surface area contributed by atoms with Gasteiger partial charge in [0.2, 0.25) is 0 Å². The van der Waals surface area contributed by atoms with Crippen molar-refractivity contribution in [1.29, 1.82) is 0 Å². The zero-order valence-corrected chi connectivity index (χ0v) is 8.80. The molecule has 2 aromatic rings. The molecule has 0 bridgehead atoms. The maximum absolute atomic E-state index is 13.5. The van der Waals surface area contributed by atoms with E-state index in [0.29, 0.717) is 10.7 Å². The first kappa shape index (κ1) is 11.9. The van der Waals surface area contributed by atoms with E-state index in [4.69, 9.17) is 5.11 Å². The molecule has 0 saturated heterocycles. The minimum Gasteiger partial charge on any atom is -0.476 e. The summed E-state index contributed by atoms with van der Waals surface area (Å²) in [5, 5.41) is 12.2. The van der Waals surface area contributed by atoms with Crippen LogP contribution >= 0.6 is 0 Å². The van der Waals surface area contributed by atoms with Gasteiger partial charge in [-0.3, -0.25) is 4.79 Å². The van der Waals surface area contributed by atoms with Gasteiger partial charge in [-0.2, -0.15) is 9.78 Å². The smallest absolute Gasteiger partial charge is 0.356 e.